The monoisotopic (exact) mass is 463 g/mol. The topological polar surface area (TPSA) is 55.7 Å². The number of rotatable bonds is 10. The Bertz CT molecular complexity index is 1080. The van der Waals surface area contributed by atoms with Gasteiger partial charge in [-0.1, -0.05) is 24.6 Å². The number of carbonyl (C=O) groups excluding carboxylic acids is 1. The van der Waals surface area contributed by atoms with E-state index in [9.17, 15) is 4.79 Å². The number of hydrogen-bond acceptors (Lipinski definition) is 4. The van der Waals surface area contributed by atoms with Crippen molar-refractivity contribution in [2.45, 2.75) is 45.1 Å². The standard InChI is InChI=1S/C28H37N3O3/c1-4-31-20-26(24-10-6-7-11-27(24)31)25(21-16-22(33-2)18-23(17-21)34-3)19-28(32)29-12-15-30-13-8-5-9-14-30/h6-7,10-11,16-18,20,25H,4-5,8-9,12-15,19H2,1-3H3,(H,29,32)/t25-/m1/s1. The summed E-state index contributed by atoms with van der Waals surface area (Å²) < 4.78 is 13.3. The Morgan fingerprint density at radius 1 is 1.03 bits per heavy atom. The highest BCUT2D eigenvalue weighted by Crippen LogP contribution is 2.37. The summed E-state index contributed by atoms with van der Waals surface area (Å²) in [6.45, 7) is 6.89. The number of ether oxygens (including phenoxy) is 2. The molecule has 1 saturated heterocycles. The molecule has 0 radical (unpaired) electrons. The number of aromatic nitrogens is 1. The van der Waals surface area contributed by atoms with Gasteiger partial charge in [0.2, 0.25) is 5.91 Å². The number of benzene rings is 2. The second kappa shape index (κ2) is 11.4. The molecule has 6 nitrogen and oxygen atoms in total. The maximum atomic E-state index is 13.2. The summed E-state index contributed by atoms with van der Waals surface area (Å²) in [5.41, 5.74) is 3.35. The van der Waals surface area contributed by atoms with Crippen molar-refractivity contribution in [2.75, 3.05) is 40.4 Å². The van der Waals surface area contributed by atoms with E-state index in [0.717, 1.165) is 48.8 Å². The first kappa shape index (κ1) is 24.1. The van der Waals surface area contributed by atoms with Crippen molar-refractivity contribution in [3.63, 3.8) is 0 Å². The van der Waals surface area contributed by atoms with Crippen LogP contribution < -0.4 is 14.8 Å². The van der Waals surface area contributed by atoms with Gasteiger partial charge in [-0.15, -0.1) is 0 Å². The number of amides is 1. The number of carbonyl (C=O) groups is 1. The predicted octanol–water partition coefficient (Wildman–Crippen LogP) is 4.80. The van der Waals surface area contributed by atoms with Crippen molar-refractivity contribution < 1.29 is 14.3 Å². The second-order valence-electron chi connectivity index (χ2n) is 9.04. The molecule has 4 rings (SSSR count). The number of para-hydroxylation sites is 1. The van der Waals surface area contributed by atoms with Gasteiger partial charge in [0.05, 0.1) is 14.2 Å². The van der Waals surface area contributed by atoms with Crippen molar-refractivity contribution in [3.05, 3.63) is 59.8 Å². The van der Waals surface area contributed by atoms with E-state index >= 15 is 0 Å². The number of nitrogens with one attached hydrogen (secondary N) is 1. The van der Waals surface area contributed by atoms with Gasteiger partial charge in [-0.25, -0.2) is 0 Å². The van der Waals surface area contributed by atoms with E-state index in [4.69, 9.17) is 9.47 Å². The minimum atomic E-state index is -0.114. The zero-order valence-electron chi connectivity index (χ0n) is 20.7. The molecule has 2 aromatic carbocycles. The first-order chi connectivity index (χ1) is 16.6. The molecule has 0 bridgehead atoms. The first-order valence-corrected chi connectivity index (χ1v) is 12.4. The highest BCUT2D eigenvalue weighted by molar-refractivity contribution is 5.86. The molecule has 0 aliphatic carbocycles. The van der Waals surface area contributed by atoms with E-state index in [1.54, 1.807) is 14.2 Å². The van der Waals surface area contributed by atoms with Crippen LogP contribution in [-0.2, 0) is 11.3 Å². The largest absolute Gasteiger partial charge is 0.497 e. The van der Waals surface area contributed by atoms with Gasteiger partial charge in [-0.05, 0) is 62.2 Å². The molecule has 0 saturated carbocycles. The molecule has 3 aromatic rings. The molecule has 0 unspecified atom stereocenters. The lowest BCUT2D eigenvalue weighted by Crippen LogP contribution is -2.38. The molecule has 1 amide bonds. The van der Waals surface area contributed by atoms with Gasteiger partial charge in [0.25, 0.3) is 0 Å². The molecule has 1 aliphatic heterocycles. The molecule has 1 fully saturated rings. The molecular weight excluding hydrogens is 426 g/mol. The van der Waals surface area contributed by atoms with Crippen LogP contribution in [0, 0.1) is 0 Å². The lowest BCUT2D eigenvalue weighted by atomic mass is 9.87. The fourth-order valence-corrected chi connectivity index (χ4v) is 5.05. The van der Waals surface area contributed by atoms with Gasteiger partial charge in [-0.3, -0.25) is 4.79 Å². The van der Waals surface area contributed by atoms with Crippen LogP contribution in [0.1, 0.15) is 49.7 Å². The molecule has 0 spiro atoms. The van der Waals surface area contributed by atoms with E-state index < -0.39 is 0 Å². The maximum Gasteiger partial charge on any atom is 0.220 e. The lowest BCUT2D eigenvalue weighted by Gasteiger charge is -2.26. The Balaban J connectivity index is 1.62. The third kappa shape index (κ3) is 5.55. The van der Waals surface area contributed by atoms with E-state index in [0.29, 0.717) is 13.0 Å². The van der Waals surface area contributed by atoms with E-state index in [2.05, 4.69) is 52.2 Å². The van der Waals surface area contributed by atoms with Gasteiger partial charge in [-0.2, -0.15) is 0 Å². The van der Waals surface area contributed by atoms with E-state index in [1.165, 1.54) is 30.2 Å². The summed E-state index contributed by atoms with van der Waals surface area (Å²) in [7, 11) is 3.31. The zero-order chi connectivity index (χ0) is 23.9. The predicted molar refractivity (Wildman–Crippen MR) is 137 cm³/mol. The molecule has 34 heavy (non-hydrogen) atoms. The van der Waals surface area contributed by atoms with Crippen molar-refractivity contribution >= 4 is 16.8 Å². The van der Waals surface area contributed by atoms with Crippen LogP contribution in [0.4, 0.5) is 0 Å². The van der Waals surface area contributed by atoms with E-state index in [1.807, 2.05) is 18.2 Å². The van der Waals surface area contributed by atoms with Gasteiger partial charge in [0, 0.05) is 55.1 Å². The number of aryl methyl sites for hydroxylation is 1. The van der Waals surface area contributed by atoms with Crippen molar-refractivity contribution in [3.8, 4) is 11.5 Å². The number of nitrogens with zero attached hydrogens (tertiary/aromatic N) is 2. The minimum absolute atomic E-state index is 0.0668. The van der Waals surface area contributed by atoms with Gasteiger partial charge >= 0.3 is 0 Å². The molecule has 2 heterocycles. The van der Waals surface area contributed by atoms with Crippen LogP contribution in [0.15, 0.2) is 48.7 Å². The van der Waals surface area contributed by atoms with Gasteiger partial charge < -0.3 is 24.3 Å². The fraction of sp³-hybridized carbons (Fsp3) is 0.464. The van der Waals surface area contributed by atoms with Crippen molar-refractivity contribution in [1.29, 1.82) is 0 Å². The van der Waals surface area contributed by atoms with Crippen LogP contribution in [0.5, 0.6) is 11.5 Å². The molecular formula is C28H37N3O3. The van der Waals surface area contributed by atoms with Crippen molar-refractivity contribution in [1.82, 2.24) is 14.8 Å². The van der Waals surface area contributed by atoms with Crippen LogP contribution in [0.25, 0.3) is 10.9 Å². The van der Waals surface area contributed by atoms with Crippen LogP contribution in [-0.4, -0.2) is 55.8 Å². The zero-order valence-corrected chi connectivity index (χ0v) is 20.7. The Kier molecular flexibility index (Phi) is 8.12. The second-order valence-corrected chi connectivity index (χ2v) is 9.04. The molecule has 1 aromatic heterocycles. The Morgan fingerprint density at radius 3 is 2.41 bits per heavy atom. The van der Waals surface area contributed by atoms with Crippen LogP contribution in [0.2, 0.25) is 0 Å². The smallest absolute Gasteiger partial charge is 0.220 e. The average Bonchev–Trinajstić information content (AvgIpc) is 3.26. The third-order valence-corrected chi connectivity index (χ3v) is 6.90. The summed E-state index contributed by atoms with van der Waals surface area (Å²) in [6, 6.07) is 14.3. The van der Waals surface area contributed by atoms with Crippen LogP contribution >= 0.6 is 0 Å². The summed E-state index contributed by atoms with van der Waals surface area (Å²) in [4.78, 5) is 15.6. The Hall–Kier alpha value is -2.99. The Morgan fingerprint density at radius 2 is 1.74 bits per heavy atom. The molecule has 1 aliphatic rings. The third-order valence-electron chi connectivity index (χ3n) is 6.90. The molecule has 6 heteroatoms. The normalized spacial score (nSPS) is 15.3. The molecule has 1 atom stereocenters. The SMILES string of the molecule is CCn1cc([C@H](CC(=O)NCCN2CCCCC2)c2cc(OC)cc(OC)c2)c2ccccc21. The quantitative estimate of drug-likeness (QED) is 0.469. The number of hydrogen-bond donors (Lipinski definition) is 1. The summed E-state index contributed by atoms with van der Waals surface area (Å²) in [6.07, 6.45) is 6.40. The van der Waals surface area contributed by atoms with Gasteiger partial charge in [0.1, 0.15) is 11.5 Å². The highest BCUT2D eigenvalue weighted by Gasteiger charge is 2.24. The van der Waals surface area contributed by atoms with Crippen LogP contribution in [0.3, 0.4) is 0 Å². The minimum Gasteiger partial charge on any atom is -0.497 e. The summed E-state index contributed by atoms with van der Waals surface area (Å²) in [5.74, 6) is 1.40. The van der Waals surface area contributed by atoms with E-state index in [-0.39, 0.29) is 11.8 Å². The van der Waals surface area contributed by atoms with Crippen molar-refractivity contribution in [2.24, 2.45) is 0 Å². The first-order valence-electron chi connectivity index (χ1n) is 12.4. The average molecular weight is 464 g/mol. The number of methoxy groups -OCH3 is 2. The number of piperidine rings is 1. The summed E-state index contributed by atoms with van der Waals surface area (Å²) >= 11 is 0. The highest BCUT2D eigenvalue weighted by atomic mass is 16.5. The number of fused-ring (bicyclic) bond motifs is 1. The summed E-state index contributed by atoms with van der Waals surface area (Å²) in [5, 5.41) is 4.35. The Labute approximate surface area is 202 Å². The molecule has 182 valence electrons. The number of likely N-dealkylation sites (tertiary alicyclic amines) is 1. The molecule has 1 N–H and O–H groups in total. The van der Waals surface area contributed by atoms with Gasteiger partial charge in [0.15, 0.2) is 0 Å². The fourth-order valence-electron chi connectivity index (χ4n) is 5.05. The maximum absolute atomic E-state index is 13.2. The lowest BCUT2D eigenvalue weighted by molar-refractivity contribution is -0.121.